The molecule has 0 saturated carbocycles. The first kappa shape index (κ1) is 13.1. The Labute approximate surface area is 113 Å². The van der Waals surface area contributed by atoms with Gasteiger partial charge in [-0.25, -0.2) is 0 Å². The summed E-state index contributed by atoms with van der Waals surface area (Å²) >= 11 is 2.89. The molecule has 2 aromatic heterocycles. The van der Waals surface area contributed by atoms with Crippen LogP contribution in [0.25, 0.3) is 0 Å². The first-order valence-electron chi connectivity index (χ1n) is 5.35. The molecule has 2 rings (SSSR count). The fraction of sp³-hybridized carbons (Fsp3) is 0.364. The summed E-state index contributed by atoms with van der Waals surface area (Å²) in [5.41, 5.74) is 1.24. The summed E-state index contributed by atoms with van der Waals surface area (Å²) in [4.78, 5) is 11.8. The molecule has 0 atom stereocenters. The third-order valence-electron chi connectivity index (χ3n) is 2.50. The van der Waals surface area contributed by atoms with Gasteiger partial charge < -0.3 is 9.67 Å². The smallest absolute Gasteiger partial charge is 0.313 e. The normalized spacial score (nSPS) is 10.8. The van der Waals surface area contributed by atoms with Crippen LogP contribution in [0.3, 0.4) is 0 Å². The maximum atomic E-state index is 10.6. The van der Waals surface area contributed by atoms with E-state index in [4.69, 9.17) is 5.11 Å². The molecule has 0 radical (unpaired) electrons. The second kappa shape index (κ2) is 5.53. The third kappa shape index (κ3) is 2.91. The molecule has 0 bridgehead atoms. The average molecular weight is 283 g/mol. The zero-order chi connectivity index (χ0) is 13.1. The van der Waals surface area contributed by atoms with Crippen LogP contribution in [0.2, 0.25) is 0 Å². The monoisotopic (exact) mass is 283 g/mol. The van der Waals surface area contributed by atoms with Crippen molar-refractivity contribution in [3.8, 4) is 0 Å². The molecule has 96 valence electrons. The molecule has 0 fully saturated rings. The van der Waals surface area contributed by atoms with E-state index in [1.807, 2.05) is 11.5 Å². The van der Waals surface area contributed by atoms with Crippen LogP contribution in [-0.2, 0) is 11.3 Å². The van der Waals surface area contributed by atoms with Crippen LogP contribution in [0.5, 0.6) is 0 Å². The van der Waals surface area contributed by atoms with E-state index in [1.54, 1.807) is 11.3 Å². The Morgan fingerprint density at radius 2 is 2.28 bits per heavy atom. The standard InChI is InChI=1S/C11H13N3O2S2/c1-7-3-4-17-9(7)5-14-8(2)12-13-11(14)18-6-10(15)16/h3-4H,5-6H2,1-2H3,(H,15,16). The number of aryl methyl sites for hydroxylation is 2. The Balaban J connectivity index is 2.19. The first-order chi connectivity index (χ1) is 8.58. The number of aliphatic carboxylic acids is 1. The highest BCUT2D eigenvalue weighted by Gasteiger charge is 2.12. The highest BCUT2D eigenvalue weighted by Crippen LogP contribution is 2.22. The third-order valence-corrected chi connectivity index (χ3v) is 4.46. The van der Waals surface area contributed by atoms with Gasteiger partial charge >= 0.3 is 5.97 Å². The SMILES string of the molecule is Cc1ccsc1Cn1c(C)nnc1SCC(=O)O. The number of nitrogens with zero attached hydrogens (tertiary/aromatic N) is 3. The predicted molar refractivity (Wildman–Crippen MR) is 71.3 cm³/mol. The lowest BCUT2D eigenvalue weighted by Gasteiger charge is -2.07. The number of aromatic nitrogens is 3. The highest BCUT2D eigenvalue weighted by molar-refractivity contribution is 7.99. The van der Waals surface area contributed by atoms with E-state index >= 15 is 0 Å². The lowest BCUT2D eigenvalue weighted by Crippen LogP contribution is -2.05. The van der Waals surface area contributed by atoms with Crippen molar-refractivity contribution < 1.29 is 9.90 Å². The Morgan fingerprint density at radius 3 is 2.89 bits per heavy atom. The van der Waals surface area contributed by atoms with Crippen molar-refractivity contribution in [1.29, 1.82) is 0 Å². The number of carboxylic acids is 1. The van der Waals surface area contributed by atoms with E-state index in [9.17, 15) is 4.79 Å². The zero-order valence-electron chi connectivity index (χ0n) is 10.1. The van der Waals surface area contributed by atoms with Gasteiger partial charge in [0.2, 0.25) is 0 Å². The molecular formula is C11H13N3O2S2. The first-order valence-corrected chi connectivity index (χ1v) is 7.22. The van der Waals surface area contributed by atoms with Crippen LogP contribution in [-0.4, -0.2) is 31.6 Å². The van der Waals surface area contributed by atoms with Crippen molar-refractivity contribution >= 4 is 29.1 Å². The molecule has 2 aromatic rings. The van der Waals surface area contributed by atoms with Gasteiger partial charge in [-0.05, 0) is 30.9 Å². The molecule has 0 aliphatic rings. The van der Waals surface area contributed by atoms with Crippen LogP contribution in [0.15, 0.2) is 16.6 Å². The minimum atomic E-state index is -0.848. The molecule has 0 saturated heterocycles. The maximum Gasteiger partial charge on any atom is 0.313 e. The van der Waals surface area contributed by atoms with Gasteiger partial charge in [-0.2, -0.15) is 0 Å². The van der Waals surface area contributed by atoms with Crippen LogP contribution in [0, 0.1) is 13.8 Å². The number of carbonyl (C=O) groups is 1. The van der Waals surface area contributed by atoms with E-state index in [1.165, 1.54) is 22.2 Å². The van der Waals surface area contributed by atoms with E-state index in [-0.39, 0.29) is 5.75 Å². The lowest BCUT2D eigenvalue weighted by molar-refractivity contribution is -0.133. The van der Waals surface area contributed by atoms with E-state index < -0.39 is 5.97 Å². The molecule has 2 heterocycles. The summed E-state index contributed by atoms with van der Waals surface area (Å²) in [5, 5.41) is 19.4. The molecule has 7 heteroatoms. The minimum absolute atomic E-state index is 0.00154. The number of thioether (sulfide) groups is 1. The fourth-order valence-electron chi connectivity index (χ4n) is 1.49. The van der Waals surface area contributed by atoms with Crippen molar-refractivity contribution in [2.45, 2.75) is 25.5 Å². The number of thiophene rings is 1. The largest absolute Gasteiger partial charge is 0.481 e. The Bertz CT molecular complexity index is 562. The molecule has 0 spiro atoms. The molecule has 0 aliphatic carbocycles. The van der Waals surface area contributed by atoms with Crippen LogP contribution in [0.1, 0.15) is 16.3 Å². The minimum Gasteiger partial charge on any atom is -0.481 e. The quantitative estimate of drug-likeness (QED) is 0.852. The van der Waals surface area contributed by atoms with Gasteiger partial charge in [0.25, 0.3) is 0 Å². The summed E-state index contributed by atoms with van der Waals surface area (Å²) in [6.45, 7) is 4.64. The number of rotatable bonds is 5. The van der Waals surface area contributed by atoms with Crippen LogP contribution in [0.4, 0.5) is 0 Å². The lowest BCUT2D eigenvalue weighted by atomic mass is 10.3. The van der Waals surface area contributed by atoms with Crippen molar-refractivity contribution in [3.05, 3.63) is 27.7 Å². The molecule has 5 nitrogen and oxygen atoms in total. The van der Waals surface area contributed by atoms with Crippen molar-refractivity contribution in [3.63, 3.8) is 0 Å². The number of carboxylic acid groups (broad SMARTS) is 1. The van der Waals surface area contributed by atoms with E-state index in [0.717, 1.165) is 5.82 Å². The van der Waals surface area contributed by atoms with Crippen LogP contribution < -0.4 is 0 Å². The van der Waals surface area contributed by atoms with Crippen molar-refractivity contribution in [2.75, 3.05) is 5.75 Å². The average Bonchev–Trinajstić information content (AvgIpc) is 2.86. The Morgan fingerprint density at radius 1 is 1.50 bits per heavy atom. The molecule has 0 amide bonds. The van der Waals surface area contributed by atoms with Gasteiger partial charge in [-0.15, -0.1) is 21.5 Å². The second-order valence-electron chi connectivity index (χ2n) is 3.83. The summed E-state index contributed by atoms with van der Waals surface area (Å²) < 4.78 is 1.95. The molecule has 1 N–H and O–H groups in total. The summed E-state index contributed by atoms with van der Waals surface area (Å²) in [6, 6.07) is 2.07. The number of hydrogen-bond donors (Lipinski definition) is 1. The Kier molecular flexibility index (Phi) is 4.03. The number of hydrogen-bond acceptors (Lipinski definition) is 5. The summed E-state index contributed by atoms with van der Waals surface area (Å²) in [6.07, 6.45) is 0. The Hall–Kier alpha value is -1.34. The summed E-state index contributed by atoms with van der Waals surface area (Å²) in [5.74, 6) is -0.0446. The zero-order valence-corrected chi connectivity index (χ0v) is 11.7. The van der Waals surface area contributed by atoms with Gasteiger partial charge in [-0.3, -0.25) is 4.79 Å². The van der Waals surface area contributed by atoms with E-state index in [2.05, 4.69) is 28.6 Å². The van der Waals surface area contributed by atoms with Gasteiger partial charge in [0.15, 0.2) is 5.16 Å². The predicted octanol–water partition coefficient (Wildman–Crippen LogP) is 2.18. The van der Waals surface area contributed by atoms with Gasteiger partial charge in [0.05, 0.1) is 12.3 Å². The molecule has 0 aromatic carbocycles. The van der Waals surface area contributed by atoms with Gasteiger partial charge in [0.1, 0.15) is 5.82 Å². The maximum absolute atomic E-state index is 10.6. The molecule has 0 aliphatic heterocycles. The van der Waals surface area contributed by atoms with Crippen molar-refractivity contribution in [2.24, 2.45) is 0 Å². The molecule has 18 heavy (non-hydrogen) atoms. The highest BCUT2D eigenvalue weighted by atomic mass is 32.2. The fourth-order valence-corrected chi connectivity index (χ4v) is 3.08. The molecular weight excluding hydrogens is 270 g/mol. The van der Waals surface area contributed by atoms with Crippen molar-refractivity contribution in [1.82, 2.24) is 14.8 Å². The van der Waals surface area contributed by atoms with Crippen LogP contribution >= 0.6 is 23.1 Å². The van der Waals surface area contributed by atoms with Gasteiger partial charge in [-0.1, -0.05) is 11.8 Å². The summed E-state index contributed by atoms with van der Waals surface area (Å²) in [7, 11) is 0. The van der Waals surface area contributed by atoms with E-state index in [0.29, 0.717) is 11.7 Å². The topological polar surface area (TPSA) is 68.0 Å². The second-order valence-corrected chi connectivity index (χ2v) is 5.77. The molecule has 0 unspecified atom stereocenters. The van der Waals surface area contributed by atoms with Gasteiger partial charge in [0, 0.05) is 4.88 Å².